The second-order valence-corrected chi connectivity index (χ2v) is 2.80. The topological polar surface area (TPSA) is 12.9 Å². The third kappa shape index (κ3) is 2.86. The second kappa shape index (κ2) is 5.31. The number of hydrogen-bond donors (Lipinski definition) is 0. The Bertz CT molecular complexity index is 296. The highest BCUT2D eigenvalue weighted by Gasteiger charge is 1.94. The van der Waals surface area contributed by atoms with Crippen molar-refractivity contribution in [2.45, 2.75) is 20.3 Å². The van der Waals surface area contributed by atoms with Crippen molar-refractivity contribution < 1.29 is 0 Å². The van der Waals surface area contributed by atoms with Gasteiger partial charge in [-0.25, -0.2) is 0 Å². The van der Waals surface area contributed by atoms with Crippen molar-refractivity contribution >= 4 is 5.57 Å². The molecule has 0 saturated carbocycles. The van der Waals surface area contributed by atoms with Gasteiger partial charge in [0.05, 0.1) is 0 Å². The van der Waals surface area contributed by atoms with E-state index in [4.69, 9.17) is 0 Å². The van der Waals surface area contributed by atoms with E-state index >= 15 is 0 Å². The molecule has 1 aromatic rings. The molecule has 1 heteroatoms. The van der Waals surface area contributed by atoms with Crippen LogP contribution in [0.1, 0.15) is 25.8 Å². The molecule has 0 aliphatic heterocycles. The highest BCUT2D eigenvalue weighted by atomic mass is 14.6. The summed E-state index contributed by atoms with van der Waals surface area (Å²) in [5.74, 6) is 0. The van der Waals surface area contributed by atoms with Gasteiger partial charge < -0.3 is 0 Å². The molecule has 1 aromatic heterocycles. The maximum atomic E-state index is 4.00. The van der Waals surface area contributed by atoms with E-state index in [0.717, 1.165) is 6.42 Å². The Morgan fingerprint density at radius 1 is 1.38 bits per heavy atom. The first-order chi connectivity index (χ1) is 6.38. The number of pyridine rings is 1. The van der Waals surface area contributed by atoms with E-state index in [0.29, 0.717) is 0 Å². The van der Waals surface area contributed by atoms with Crippen molar-refractivity contribution in [3.63, 3.8) is 0 Å². The van der Waals surface area contributed by atoms with E-state index in [1.165, 1.54) is 11.1 Å². The van der Waals surface area contributed by atoms with Crippen molar-refractivity contribution in [2.24, 2.45) is 0 Å². The van der Waals surface area contributed by atoms with Crippen LogP contribution in [0.3, 0.4) is 0 Å². The summed E-state index contributed by atoms with van der Waals surface area (Å²) in [5, 5.41) is 0. The number of hydrogen-bond acceptors (Lipinski definition) is 1. The summed E-state index contributed by atoms with van der Waals surface area (Å²) in [7, 11) is 0. The van der Waals surface area contributed by atoms with Crippen LogP contribution < -0.4 is 0 Å². The second-order valence-electron chi connectivity index (χ2n) is 2.80. The lowest BCUT2D eigenvalue weighted by Gasteiger charge is -2.00. The minimum atomic E-state index is 1.06. The molecule has 13 heavy (non-hydrogen) atoms. The molecule has 0 aliphatic carbocycles. The van der Waals surface area contributed by atoms with Gasteiger partial charge in [0.2, 0.25) is 0 Å². The molecule has 0 aromatic carbocycles. The monoisotopic (exact) mass is 173 g/mol. The molecular weight excluding hydrogens is 158 g/mol. The molecule has 0 atom stereocenters. The standard InChI is InChI=1S/C12H15N/c1-3-5-11(6-4-2)12-7-9-13-10-8-12/h3,5-10H,4H2,1-2H3/b5-3-,11-6-. The van der Waals surface area contributed by atoms with E-state index in [2.05, 4.69) is 30.1 Å². The van der Waals surface area contributed by atoms with Crippen LogP contribution in [0, 0.1) is 0 Å². The minimum absolute atomic E-state index is 1.06. The molecule has 0 radical (unpaired) electrons. The van der Waals surface area contributed by atoms with Crippen LogP contribution in [-0.4, -0.2) is 4.98 Å². The number of aromatic nitrogens is 1. The summed E-state index contributed by atoms with van der Waals surface area (Å²) in [6.45, 7) is 4.18. The van der Waals surface area contributed by atoms with Crippen LogP contribution in [0.4, 0.5) is 0 Å². The van der Waals surface area contributed by atoms with Crippen molar-refractivity contribution in [1.82, 2.24) is 4.98 Å². The SMILES string of the molecule is C/C=C\C(=C\CC)c1ccncc1. The van der Waals surface area contributed by atoms with Crippen LogP contribution in [-0.2, 0) is 0 Å². The Labute approximate surface area is 79.8 Å². The van der Waals surface area contributed by atoms with Crippen LogP contribution in [0.2, 0.25) is 0 Å². The largest absolute Gasteiger partial charge is 0.265 e. The van der Waals surface area contributed by atoms with Crippen LogP contribution in [0.25, 0.3) is 5.57 Å². The summed E-state index contributed by atoms with van der Waals surface area (Å²) in [6.07, 6.45) is 11.1. The van der Waals surface area contributed by atoms with Gasteiger partial charge in [0.1, 0.15) is 0 Å². The quantitative estimate of drug-likeness (QED) is 0.638. The molecule has 0 fully saturated rings. The first-order valence-electron chi connectivity index (χ1n) is 4.61. The van der Waals surface area contributed by atoms with Gasteiger partial charge >= 0.3 is 0 Å². The normalized spacial score (nSPS) is 12.3. The molecule has 0 amide bonds. The molecule has 1 heterocycles. The zero-order valence-electron chi connectivity index (χ0n) is 8.20. The molecule has 0 saturated heterocycles. The fourth-order valence-electron chi connectivity index (χ4n) is 1.23. The maximum Gasteiger partial charge on any atom is 0.0273 e. The molecule has 68 valence electrons. The van der Waals surface area contributed by atoms with Gasteiger partial charge in [-0.1, -0.05) is 25.2 Å². The van der Waals surface area contributed by atoms with E-state index in [1.54, 1.807) is 0 Å². The van der Waals surface area contributed by atoms with Crippen LogP contribution in [0.15, 0.2) is 42.8 Å². The molecule has 1 rings (SSSR count). The highest BCUT2D eigenvalue weighted by molar-refractivity contribution is 5.73. The summed E-state index contributed by atoms with van der Waals surface area (Å²) in [5.41, 5.74) is 2.50. The van der Waals surface area contributed by atoms with Gasteiger partial charge in [-0.15, -0.1) is 0 Å². The zero-order chi connectivity index (χ0) is 9.52. The maximum absolute atomic E-state index is 4.00. The van der Waals surface area contributed by atoms with Gasteiger partial charge in [0.15, 0.2) is 0 Å². The van der Waals surface area contributed by atoms with Gasteiger partial charge in [-0.3, -0.25) is 4.98 Å². The molecule has 0 unspecified atom stereocenters. The lowest BCUT2D eigenvalue weighted by atomic mass is 10.1. The Morgan fingerprint density at radius 3 is 2.62 bits per heavy atom. The average Bonchev–Trinajstić information content (AvgIpc) is 2.19. The predicted octanol–water partition coefficient (Wildman–Crippen LogP) is 3.45. The summed E-state index contributed by atoms with van der Waals surface area (Å²) in [4.78, 5) is 4.00. The Hall–Kier alpha value is -1.37. The van der Waals surface area contributed by atoms with Gasteiger partial charge in [-0.05, 0) is 36.6 Å². The molecule has 0 aliphatic rings. The summed E-state index contributed by atoms with van der Waals surface area (Å²) < 4.78 is 0. The van der Waals surface area contributed by atoms with E-state index in [-0.39, 0.29) is 0 Å². The van der Waals surface area contributed by atoms with Crippen molar-refractivity contribution in [1.29, 1.82) is 0 Å². The van der Waals surface area contributed by atoms with E-state index in [1.807, 2.05) is 31.5 Å². The van der Waals surface area contributed by atoms with Crippen molar-refractivity contribution in [3.05, 3.63) is 48.3 Å². The Balaban J connectivity index is 2.96. The molecule has 0 spiro atoms. The fourth-order valence-corrected chi connectivity index (χ4v) is 1.23. The van der Waals surface area contributed by atoms with E-state index < -0.39 is 0 Å². The Morgan fingerprint density at radius 2 is 2.08 bits per heavy atom. The smallest absolute Gasteiger partial charge is 0.0273 e. The number of nitrogens with zero attached hydrogens (tertiary/aromatic N) is 1. The third-order valence-electron chi connectivity index (χ3n) is 1.78. The average molecular weight is 173 g/mol. The third-order valence-corrected chi connectivity index (χ3v) is 1.78. The van der Waals surface area contributed by atoms with Crippen molar-refractivity contribution in [2.75, 3.05) is 0 Å². The zero-order valence-corrected chi connectivity index (χ0v) is 8.20. The van der Waals surface area contributed by atoms with Gasteiger partial charge in [0, 0.05) is 12.4 Å². The first kappa shape index (κ1) is 9.72. The molecule has 0 N–H and O–H groups in total. The summed E-state index contributed by atoms with van der Waals surface area (Å²) in [6, 6.07) is 4.06. The number of rotatable bonds is 3. The fraction of sp³-hybridized carbons (Fsp3) is 0.250. The predicted molar refractivity (Wildman–Crippen MR) is 57.3 cm³/mol. The first-order valence-corrected chi connectivity index (χ1v) is 4.61. The molecular formula is C12H15N. The van der Waals surface area contributed by atoms with Crippen molar-refractivity contribution in [3.8, 4) is 0 Å². The molecule has 1 nitrogen and oxygen atoms in total. The summed E-state index contributed by atoms with van der Waals surface area (Å²) >= 11 is 0. The van der Waals surface area contributed by atoms with Crippen LogP contribution >= 0.6 is 0 Å². The van der Waals surface area contributed by atoms with E-state index in [9.17, 15) is 0 Å². The highest BCUT2D eigenvalue weighted by Crippen LogP contribution is 2.15. The molecule has 0 bridgehead atoms. The Kier molecular flexibility index (Phi) is 3.97. The lowest BCUT2D eigenvalue weighted by Crippen LogP contribution is -1.81. The van der Waals surface area contributed by atoms with Gasteiger partial charge in [0.25, 0.3) is 0 Å². The number of allylic oxidation sites excluding steroid dienone is 4. The van der Waals surface area contributed by atoms with Gasteiger partial charge in [-0.2, -0.15) is 0 Å². The lowest BCUT2D eigenvalue weighted by molar-refractivity contribution is 1.22. The van der Waals surface area contributed by atoms with Crippen LogP contribution in [0.5, 0.6) is 0 Å². The minimum Gasteiger partial charge on any atom is -0.265 e.